The molecule has 0 aromatic heterocycles. The number of likely N-dealkylation sites (tertiary alicyclic amines) is 1. The van der Waals surface area contributed by atoms with Crippen molar-refractivity contribution >= 4 is 11.9 Å². The van der Waals surface area contributed by atoms with Crippen LogP contribution in [0, 0.1) is 11.8 Å². The quantitative estimate of drug-likeness (QED) is 0.777. The Morgan fingerprint density at radius 1 is 1.10 bits per heavy atom. The normalized spacial score (nSPS) is 43.0. The SMILES string of the molecule is CC1CCCC(C)N1C(=O)C1C2C=CC(O2)C1C(=O)O. The van der Waals surface area contributed by atoms with E-state index in [1.54, 1.807) is 6.08 Å². The highest BCUT2D eigenvalue weighted by Gasteiger charge is 2.54. The zero-order chi connectivity index (χ0) is 14.4. The lowest BCUT2D eigenvalue weighted by atomic mass is 9.81. The summed E-state index contributed by atoms with van der Waals surface area (Å²) in [5.41, 5.74) is 0. The number of amides is 1. The summed E-state index contributed by atoms with van der Waals surface area (Å²) in [5, 5.41) is 9.40. The number of carboxylic acids is 1. The number of nitrogens with zero attached hydrogens (tertiary/aromatic N) is 1. The van der Waals surface area contributed by atoms with Crippen molar-refractivity contribution in [1.29, 1.82) is 0 Å². The van der Waals surface area contributed by atoms with Crippen LogP contribution in [0.2, 0.25) is 0 Å². The predicted molar refractivity (Wildman–Crippen MR) is 72.0 cm³/mol. The van der Waals surface area contributed by atoms with Crippen LogP contribution in [-0.4, -0.2) is 46.2 Å². The molecule has 1 N–H and O–H groups in total. The lowest BCUT2D eigenvalue weighted by molar-refractivity contribution is -0.152. The summed E-state index contributed by atoms with van der Waals surface area (Å²) < 4.78 is 5.60. The van der Waals surface area contributed by atoms with E-state index >= 15 is 0 Å². The van der Waals surface area contributed by atoms with Gasteiger partial charge in [-0.25, -0.2) is 0 Å². The molecule has 5 nitrogen and oxygen atoms in total. The van der Waals surface area contributed by atoms with Gasteiger partial charge in [-0.05, 0) is 33.1 Å². The molecule has 110 valence electrons. The van der Waals surface area contributed by atoms with Crippen LogP contribution in [-0.2, 0) is 14.3 Å². The Hall–Kier alpha value is -1.36. The largest absolute Gasteiger partial charge is 0.481 e. The fourth-order valence-corrected chi connectivity index (χ4v) is 3.92. The monoisotopic (exact) mass is 279 g/mol. The standard InChI is InChI=1S/C15H21NO4/c1-8-4-3-5-9(2)16(8)14(17)12-10-6-7-11(20-10)13(12)15(18)19/h6-13H,3-5H2,1-2H3,(H,18,19). The second kappa shape index (κ2) is 4.88. The Bertz CT molecular complexity index is 451. The van der Waals surface area contributed by atoms with Crippen molar-refractivity contribution in [3.05, 3.63) is 12.2 Å². The number of carbonyl (C=O) groups excluding carboxylic acids is 1. The molecule has 0 aliphatic carbocycles. The predicted octanol–water partition coefficient (Wildman–Crippen LogP) is 1.43. The van der Waals surface area contributed by atoms with Gasteiger partial charge in [0.2, 0.25) is 5.91 Å². The smallest absolute Gasteiger partial charge is 0.310 e. The number of ether oxygens (including phenoxy) is 1. The first-order valence-corrected chi connectivity index (χ1v) is 7.39. The van der Waals surface area contributed by atoms with Crippen molar-refractivity contribution in [2.24, 2.45) is 11.8 Å². The van der Waals surface area contributed by atoms with E-state index in [0.29, 0.717) is 0 Å². The summed E-state index contributed by atoms with van der Waals surface area (Å²) in [7, 11) is 0. The molecule has 0 aromatic rings. The maximum atomic E-state index is 12.9. The molecule has 6 atom stereocenters. The van der Waals surface area contributed by atoms with Gasteiger partial charge in [-0.15, -0.1) is 0 Å². The van der Waals surface area contributed by atoms with Crippen LogP contribution < -0.4 is 0 Å². The molecule has 6 unspecified atom stereocenters. The summed E-state index contributed by atoms with van der Waals surface area (Å²) >= 11 is 0. The highest BCUT2D eigenvalue weighted by molar-refractivity contribution is 5.87. The average Bonchev–Trinajstić information content (AvgIpc) is 2.98. The zero-order valence-electron chi connectivity index (χ0n) is 11.9. The molecule has 1 amide bonds. The molecule has 0 spiro atoms. The number of carbonyl (C=O) groups is 2. The highest BCUT2D eigenvalue weighted by atomic mass is 16.5. The van der Waals surface area contributed by atoms with Crippen LogP contribution in [0.3, 0.4) is 0 Å². The molecule has 2 saturated heterocycles. The van der Waals surface area contributed by atoms with Crippen molar-refractivity contribution < 1.29 is 19.4 Å². The number of aliphatic carboxylic acids is 1. The first-order chi connectivity index (χ1) is 9.50. The van der Waals surface area contributed by atoms with Gasteiger partial charge in [0, 0.05) is 12.1 Å². The van der Waals surface area contributed by atoms with Gasteiger partial charge < -0.3 is 14.7 Å². The van der Waals surface area contributed by atoms with Gasteiger partial charge in [0.25, 0.3) is 0 Å². The Morgan fingerprint density at radius 2 is 1.65 bits per heavy atom. The van der Waals surface area contributed by atoms with Crippen LogP contribution >= 0.6 is 0 Å². The molecule has 2 fully saturated rings. The van der Waals surface area contributed by atoms with E-state index in [2.05, 4.69) is 0 Å². The van der Waals surface area contributed by atoms with E-state index in [1.165, 1.54) is 0 Å². The van der Waals surface area contributed by atoms with E-state index in [4.69, 9.17) is 4.74 Å². The molecular weight excluding hydrogens is 258 g/mol. The molecule has 0 saturated carbocycles. The lowest BCUT2D eigenvalue weighted by Gasteiger charge is -2.41. The van der Waals surface area contributed by atoms with Crippen LogP contribution in [0.25, 0.3) is 0 Å². The minimum Gasteiger partial charge on any atom is -0.481 e. The number of carboxylic acid groups (broad SMARTS) is 1. The van der Waals surface area contributed by atoms with Gasteiger partial charge >= 0.3 is 5.97 Å². The molecule has 3 heterocycles. The third-order valence-corrected chi connectivity index (χ3v) is 4.92. The van der Waals surface area contributed by atoms with Gasteiger partial charge in [-0.1, -0.05) is 12.2 Å². The Morgan fingerprint density at radius 3 is 2.20 bits per heavy atom. The maximum absolute atomic E-state index is 12.9. The number of rotatable bonds is 2. The van der Waals surface area contributed by atoms with Crippen molar-refractivity contribution in [2.45, 2.75) is 57.4 Å². The molecule has 5 heteroatoms. The summed E-state index contributed by atoms with van der Waals surface area (Å²) in [5.74, 6) is -2.28. The molecule has 3 aliphatic rings. The first-order valence-electron chi connectivity index (χ1n) is 7.39. The molecule has 2 bridgehead atoms. The first kappa shape index (κ1) is 13.6. The minimum absolute atomic E-state index is 0.0473. The van der Waals surface area contributed by atoms with E-state index in [1.807, 2.05) is 24.8 Å². The van der Waals surface area contributed by atoms with Crippen LogP contribution in [0.1, 0.15) is 33.1 Å². The topological polar surface area (TPSA) is 66.8 Å². The van der Waals surface area contributed by atoms with Gasteiger partial charge in [0.05, 0.1) is 18.1 Å². The van der Waals surface area contributed by atoms with Crippen molar-refractivity contribution in [3.63, 3.8) is 0 Å². The molecule has 3 aliphatic heterocycles. The number of piperidine rings is 1. The molecule has 20 heavy (non-hydrogen) atoms. The van der Waals surface area contributed by atoms with E-state index in [0.717, 1.165) is 19.3 Å². The third kappa shape index (κ3) is 1.95. The summed E-state index contributed by atoms with van der Waals surface area (Å²) in [6.45, 7) is 4.10. The van der Waals surface area contributed by atoms with Crippen molar-refractivity contribution in [2.75, 3.05) is 0 Å². The van der Waals surface area contributed by atoms with Crippen LogP contribution in [0.15, 0.2) is 12.2 Å². The van der Waals surface area contributed by atoms with Gasteiger partial charge in [-0.2, -0.15) is 0 Å². The van der Waals surface area contributed by atoms with Gasteiger partial charge in [-0.3, -0.25) is 9.59 Å². The average molecular weight is 279 g/mol. The maximum Gasteiger partial charge on any atom is 0.310 e. The van der Waals surface area contributed by atoms with E-state index in [9.17, 15) is 14.7 Å². The summed E-state index contributed by atoms with van der Waals surface area (Å²) in [6.07, 6.45) is 5.91. The van der Waals surface area contributed by atoms with Gasteiger partial charge in [0.15, 0.2) is 0 Å². The molecule has 0 aromatic carbocycles. The van der Waals surface area contributed by atoms with E-state index < -0.39 is 23.9 Å². The van der Waals surface area contributed by atoms with Crippen LogP contribution in [0.5, 0.6) is 0 Å². The summed E-state index contributed by atoms with van der Waals surface area (Å²) in [4.78, 5) is 26.2. The highest BCUT2D eigenvalue weighted by Crippen LogP contribution is 2.41. The van der Waals surface area contributed by atoms with Gasteiger partial charge in [0.1, 0.15) is 5.92 Å². The second-order valence-corrected chi connectivity index (χ2v) is 6.21. The fourth-order valence-electron chi connectivity index (χ4n) is 3.92. The summed E-state index contributed by atoms with van der Waals surface area (Å²) in [6, 6.07) is 0.368. The number of hydrogen-bond donors (Lipinski definition) is 1. The van der Waals surface area contributed by atoms with E-state index in [-0.39, 0.29) is 24.1 Å². The third-order valence-electron chi connectivity index (χ3n) is 4.92. The molecule has 3 rings (SSSR count). The minimum atomic E-state index is -0.933. The molecule has 0 radical (unpaired) electrons. The Kier molecular flexibility index (Phi) is 3.32. The lowest BCUT2D eigenvalue weighted by Crippen LogP contribution is -2.53. The second-order valence-electron chi connectivity index (χ2n) is 6.21. The molecular formula is C15H21NO4. The number of hydrogen-bond acceptors (Lipinski definition) is 3. The Balaban J connectivity index is 1.86. The van der Waals surface area contributed by atoms with Crippen molar-refractivity contribution in [1.82, 2.24) is 4.90 Å². The zero-order valence-corrected chi connectivity index (χ0v) is 11.9. The van der Waals surface area contributed by atoms with Crippen LogP contribution in [0.4, 0.5) is 0 Å². The van der Waals surface area contributed by atoms with Crippen molar-refractivity contribution in [3.8, 4) is 0 Å². The number of fused-ring (bicyclic) bond motifs is 2. The fraction of sp³-hybridized carbons (Fsp3) is 0.733. The Labute approximate surface area is 118 Å².